The van der Waals surface area contributed by atoms with E-state index in [1.54, 1.807) is 54.6 Å². The van der Waals surface area contributed by atoms with E-state index < -0.39 is 25.4 Å². The van der Waals surface area contributed by atoms with Gasteiger partial charge < -0.3 is 11.5 Å². The molecule has 2 heterocycles. The number of aromatic nitrogens is 4. The summed E-state index contributed by atoms with van der Waals surface area (Å²) in [5.74, 6) is 0. The van der Waals surface area contributed by atoms with Crippen molar-refractivity contribution in [2.75, 3.05) is 11.5 Å². The largest absolute Gasteiger partial charge is 0.408 e. The third-order valence-corrected chi connectivity index (χ3v) is 4.42. The van der Waals surface area contributed by atoms with Gasteiger partial charge in [-0.3, -0.25) is 9.36 Å². The molecular weight excluding hydrogens is 462 g/mol. The van der Waals surface area contributed by atoms with Crippen LogP contribution in [0.4, 0.5) is 37.7 Å². The fraction of sp³-hybridized carbons (Fsp3) is 0.182. The molecule has 0 aliphatic rings. The number of alkyl halides is 6. The summed E-state index contributed by atoms with van der Waals surface area (Å²) in [5.41, 5.74) is 13.7. The SMILES string of the molecule is Nc1cn(CC(F)(F)F)nc1-c1ccccc1.Nc1cnn(CC(F)(F)F)c1-c1ccccc1. The van der Waals surface area contributed by atoms with Crippen LogP contribution in [0.5, 0.6) is 0 Å². The predicted octanol–water partition coefficient (Wildman–Crippen LogP) is 5.39. The molecule has 0 radical (unpaired) electrons. The Hall–Kier alpha value is -3.96. The lowest BCUT2D eigenvalue weighted by Gasteiger charge is -2.10. The van der Waals surface area contributed by atoms with Crippen LogP contribution in [0, 0.1) is 0 Å². The number of nitrogens with two attached hydrogens (primary N) is 2. The highest BCUT2D eigenvalue weighted by Gasteiger charge is 2.30. The number of nitrogen functional groups attached to an aromatic ring is 2. The third kappa shape index (κ3) is 6.77. The Morgan fingerprint density at radius 2 is 1.24 bits per heavy atom. The maximum absolute atomic E-state index is 12.3. The minimum atomic E-state index is -4.32. The smallest absolute Gasteiger partial charge is 0.396 e. The highest BCUT2D eigenvalue weighted by molar-refractivity contribution is 5.72. The highest BCUT2D eigenvalue weighted by atomic mass is 19.4. The van der Waals surface area contributed by atoms with Crippen molar-refractivity contribution >= 4 is 11.4 Å². The van der Waals surface area contributed by atoms with E-state index in [2.05, 4.69) is 10.2 Å². The number of nitrogens with zero attached hydrogens (tertiary/aromatic N) is 4. The Balaban J connectivity index is 0.000000191. The number of hydrogen-bond acceptors (Lipinski definition) is 4. The van der Waals surface area contributed by atoms with Gasteiger partial charge in [-0.1, -0.05) is 60.7 Å². The van der Waals surface area contributed by atoms with Crippen LogP contribution in [0.3, 0.4) is 0 Å². The summed E-state index contributed by atoms with van der Waals surface area (Å²) in [7, 11) is 0. The molecular formula is C22H20F6N6. The second-order valence-corrected chi connectivity index (χ2v) is 7.20. The Morgan fingerprint density at radius 1 is 0.706 bits per heavy atom. The number of halogens is 6. The quantitative estimate of drug-likeness (QED) is 0.382. The summed E-state index contributed by atoms with van der Waals surface area (Å²) >= 11 is 0. The molecule has 0 spiro atoms. The Kier molecular flexibility index (Phi) is 7.18. The third-order valence-electron chi connectivity index (χ3n) is 4.42. The lowest BCUT2D eigenvalue weighted by molar-refractivity contribution is -0.143. The standard InChI is InChI=1S/2C11H10F3N3/c12-11(13,14)7-17-6-9(15)10(16-17)8-4-2-1-3-5-8;12-11(13,14)7-17-10(9(15)6-16-17)8-4-2-1-3-5-8/h2*1-6H,7,15H2. The van der Waals surface area contributed by atoms with E-state index in [1.807, 2.05) is 6.07 Å². The summed E-state index contributed by atoms with van der Waals surface area (Å²) in [6, 6.07) is 17.5. The van der Waals surface area contributed by atoms with E-state index in [-0.39, 0.29) is 11.4 Å². The van der Waals surface area contributed by atoms with Gasteiger partial charge in [0.1, 0.15) is 18.8 Å². The molecule has 0 atom stereocenters. The van der Waals surface area contributed by atoms with E-state index >= 15 is 0 Å². The zero-order valence-corrected chi connectivity index (χ0v) is 17.6. The lowest BCUT2D eigenvalue weighted by atomic mass is 10.1. The van der Waals surface area contributed by atoms with Crippen molar-refractivity contribution in [2.24, 2.45) is 0 Å². The van der Waals surface area contributed by atoms with Gasteiger partial charge in [0.25, 0.3) is 0 Å². The summed E-state index contributed by atoms with van der Waals surface area (Å²) < 4.78 is 75.3. The minimum Gasteiger partial charge on any atom is -0.396 e. The topological polar surface area (TPSA) is 87.7 Å². The van der Waals surface area contributed by atoms with E-state index in [0.29, 0.717) is 22.5 Å². The molecule has 0 aliphatic carbocycles. The monoisotopic (exact) mass is 482 g/mol. The number of benzene rings is 2. The molecule has 0 bridgehead atoms. The summed E-state index contributed by atoms with van der Waals surface area (Å²) in [6.07, 6.45) is -6.20. The molecule has 2 aromatic heterocycles. The van der Waals surface area contributed by atoms with Crippen molar-refractivity contribution in [1.82, 2.24) is 19.6 Å². The van der Waals surface area contributed by atoms with Crippen molar-refractivity contribution in [1.29, 1.82) is 0 Å². The normalized spacial score (nSPS) is 11.7. The zero-order valence-electron chi connectivity index (χ0n) is 17.6. The first-order chi connectivity index (χ1) is 15.9. The van der Waals surface area contributed by atoms with Crippen molar-refractivity contribution in [3.63, 3.8) is 0 Å². The van der Waals surface area contributed by atoms with Gasteiger partial charge in [0.2, 0.25) is 0 Å². The molecule has 0 aliphatic heterocycles. The van der Waals surface area contributed by atoms with Crippen LogP contribution in [0.25, 0.3) is 22.5 Å². The molecule has 0 unspecified atom stereocenters. The Morgan fingerprint density at radius 3 is 1.76 bits per heavy atom. The molecule has 0 amide bonds. The molecule has 12 heteroatoms. The van der Waals surface area contributed by atoms with Crippen LogP contribution in [-0.4, -0.2) is 31.9 Å². The maximum Gasteiger partial charge on any atom is 0.408 e. The maximum atomic E-state index is 12.3. The zero-order chi connectivity index (χ0) is 24.9. The van der Waals surface area contributed by atoms with Gasteiger partial charge in [0.05, 0.1) is 23.3 Å². The van der Waals surface area contributed by atoms with E-state index in [4.69, 9.17) is 11.5 Å². The molecule has 4 rings (SSSR count). The number of hydrogen-bond donors (Lipinski definition) is 2. The second-order valence-electron chi connectivity index (χ2n) is 7.20. The van der Waals surface area contributed by atoms with Gasteiger partial charge in [-0.2, -0.15) is 36.5 Å². The van der Waals surface area contributed by atoms with Gasteiger partial charge in [-0.25, -0.2) is 0 Å². The first-order valence-electron chi connectivity index (χ1n) is 9.81. The molecule has 6 nitrogen and oxygen atoms in total. The van der Waals surface area contributed by atoms with E-state index in [9.17, 15) is 26.3 Å². The van der Waals surface area contributed by atoms with Crippen LogP contribution in [0.1, 0.15) is 0 Å². The summed E-state index contributed by atoms with van der Waals surface area (Å²) in [6.45, 7) is -2.28. The van der Waals surface area contributed by atoms with Crippen LogP contribution >= 0.6 is 0 Å². The van der Waals surface area contributed by atoms with E-state index in [0.717, 1.165) is 9.36 Å². The molecule has 34 heavy (non-hydrogen) atoms. The average Bonchev–Trinajstić information content (AvgIpc) is 3.29. The van der Waals surface area contributed by atoms with Gasteiger partial charge in [-0.15, -0.1) is 0 Å². The Bertz CT molecular complexity index is 1200. The highest BCUT2D eigenvalue weighted by Crippen LogP contribution is 2.28. The van der Waals surface area contributed by atoms with Crippen molar-refractivity contribution < 1.29 is 26.3 Å². The molecule has 0 saturated carbocycles. The van der Waals surface area contributed by atoms with E-state index in [1.165, 1.54) is 12.4 Å². The molecule has 4 N–H and O–H groups in total. The van der Waals surface area contributed by atoms with Gasteiger partial charge in [-0.05, 0) is 0 Å². The van der Waals surface area contributed by atoms with Crippen molar-refractivity contribution in [3.8, 4) is 22.5 Å². The fourth-order valence-electron chi connectivity index (χ4n) is 3.12. The van der Waals surface area contributed by atoms with Crippen LogP contribution in [-0.2, 0) is 13.1 Å². The van der Waals surface area contributed by atoms with Crippen LogP contribution < -0.4 is 11.5 Å². The molecule has 4 aromatic rings. The van der Waals surface area contributed by atoms with Crippen molar-refractivity contribution in [2.45, 2.75) is 25.4 Å². The van der Waals surface area contributed by atoms with Gasteiger partial charge in [0.15, 0.2) is 0 Å². The predicted molar refractivity (Wildman–Crippen MR) is 116 cm³/mol. The first-order valence-corrected chi connectivity index (χ1v) is 9.81. The minimum absolute atomic E-state index is 0.237. The molecule has 180 valence electrons. The summed E-state index contributed by atoms with van der Waals surface area (Å²) in [5, 5.41) is 7.49. The Labute approximate surface area is 190 Å². The van der Waals surface area contributed by atoms with Crippen LogP contribution in [0.15, 0.2) is 73.1 Å². The lowest BCUT2D eigenvalue weighted by Crippen LogP contribution is -2.19. The van der Waals surface area contributed by atoms with Crippen molar-refractivity contribution in [3.05, 3.63) is 73.1 Å². The first kappa shape index (κ1) is 24.7. The number of rotatable bonds is 4. The molecule has 0 fully saturated rings. The molecule has 2 aromatic carbocycles. The summed E-state index contributed by atoms with van der Waals surface area (Å²) in [4.78, 5) is 0. The fourth-order valence-corrected chi connectivity index (χ4v) is 3.12. The second kappa shape index (κ2) is 9.89. The van der Waals surface area contributed by atoms with Gasteiger partial charge >= 0.3 is 12.4 Å². The van der Waals surface area contributed by atoms with Gasteiger partial charge in [0, 0.05) is 17.3 Å². The van der Waals surface area contributed by atoms with Crippen LogP contribution in [0.2, 0.25) is 0 Å². The molecule has 0 saturated heterocycles. The average molecular weight is 482 g/mol. The number of anilines is 2.